The molecule has 0 bridgehead atoms. The molecule has 2 aromatic carbocycles. The fraction of sp³-hybridized carbons (Fsp3) is 0.167. The van der Waals surface area contributed by atoms with Crippen LogP contribution in [0.1, 0.15) is 18.1 Å². The number of pyridine rings is 1. The average molecular weight is 414 g/mol. The zero-order valence-corrected chi connectivity index (χ0v) is 17.3. The molecule has 7 nitrogen and oxygen atoms in total. The van der Waals surface area contributed by atoms with E-state index in [2.05, 4.69) is 15.5 Å². The average Bonchev–Trinajstić information content (AvgIpc) is 3.26. The van der Waals surface area contributed by atoms with Crippen molar-refractivity contribution in [2.24, 2.45) is 0 Å². The molecule has 0 spiro atoms. The van der Waals surface area contributed by atoms with E-state index in [0.29, 0.717) is 5.82 Å². The number of anilines is 1. The highest BCUT2D eigenvalue weighted by Gasteiger charge is 2.16. The van der Waals surface area contributed by atoms with Crippen LogP contribution in [0.5, 0.6) is 0 Å². The maximum atomic E-state index is 12.9. The van der Waals surface area contributed by atoms with Gasteiger partial charge in [0.2, 0.25) is 11.7 Å². The topological polar surface area (TPSA) is 90.0 Å². The lowest BCUT2D eigenvalue weighted by Gasteiger charge is -2.11. The second-order valence-electron chi connectivity index (χ2n) is 7.20. The van der Waals surface area contributed by atoms with Crippen LogP contribution in [0.4, 0.5) is 5.69 Å². The van der Waals surface area contributed by atoms with Crippen molar-refractivity contribution >= 4 is 11.6 Å². The molecule has 0 aliphatic heterocycles. The van der Waals surface area contributed by atoms with Crippen molar-refractivity contribution in [3.05, 3.63) is 88.3 Å². The molecule has 0 saturated carbocycles. The zero-order valence-electron chi connectivity index (χ0n) is 17.3. The fourth-order valence-corrected chi connectivity index (χ4v) is 3.27. The van der Waals surface area contributed by atoms with E-state index in [1.807, 2.05) is 62.4 Å². The molecular weight excluding hydrogens is 392 g/mol. The van der Waals surface area contributed by atoms with Gasteiger partial charge < -0.3 is 14.4 Å². The van der Waals surface area contributed by atoms with Gasteiger partial charge in [-0.15, -0.1) is 0 Å². The number of amides is 1. The summed E-state index contributed by atoms with van der Waals surface area (Å²) in [7, 11) is 0. The second-order valence-corrected chi connectivity index (χ2v) is 7.20. The van der Waals surface area contributed by atoms with Gasteiger partial charge in [-0.05, 0) is 37.1 Å². The first kappa shape index (κ1) is 20.3. The number of aromatic nitrogens is 3. The van der Waals surface area contributed by atoms with Gasteiger partial charge in [0.05, 0.1) is 0 Å². The molecule has 0 fully saturated rings. The normalized spacial score (nSPS) is 10.8. The van der Waals surface area contributed by atoms with Crippen LogP contribution in [-0.2, 0) is 17.8 Å². The van der Waals surface area contributed by atoms with E-state index < -0.39 is 0 Å². The summed E-state index contributed by atoms with van der Waals surface area (Å²) in [6.07, 6.45) is 2.36. The summed E-state index contributed by atoms with van der Waals surface area (Å²) in [6.45, 7) is 3.90. The molecule has 0 unspecified atom stereocenters. The molecule has 2 heterocycles. The van der Waals surface area contributed by atoms with E-state index in [9.17, 15) is 9.59 Å². The molecule has 4 aromatic rings. The van der Waals surface area contributed by atoms with Crippen LogP contribution >= 0.6 is 0 Å². The summed E-state index contributed by atoms with van der Waals surface area (Å²) in [4.78, 5) is 29.8. The Morgan fingerprint density at radius 1 is 1.06 bits per heavy atom. The standard InChI is InChI=1S/C24H22N4O3/c1-3-17-7-4-5-9-20(17)25-21(29)15-28-14-6-8-19(24(28)30)23-26-22(27-31-23)18-12-10-16(2)11-13-18/h4-14H,3,15H2,1-2H3,(H,25,29). The van der Waals surface area contributed by atoms with Crippen LogP contribution in [0, 0.1) is 6.92 Å². The number of hydrogen-bond donors (Lipinski definition) is 1. The zero-order chi connectivity index (χ0) is 21.8. The molecule has 156 valence electrons. The lowest BCUT2D eigenvalue weighted by Crippen LogP contribution is -2.28. The van der Waals surface area contributed by atoms with Gasteiger partial charge in [-0.3, -0.25) is 9.59 Å². The molecule has 7 heteroatoms. The first-order chi connectivity index (χ1) is 15.0. The van der Waals surface area contributed by atoms with E-state index >= 15 is 0 Å². The minimum atomic E-state index is -0.375. The van der Waals surface area contributed by atoms with Crippen molar-refractivity contribution < 1.29 is 9.32 Å². The highest BCUT2D eigenvalue weighted by atomic mass is 16.5. The second kappa shape index (κ2) is 8.79. The van der Waals surface area contributed by atoms with Crippen LogP contribution in [0.2, 0.25) is 0 Å². The molecule has 0 saturated heterocycles. The molecule has 4 rings (SSSR count). The van der Waals surface area contributed by atoms with Crippen molar-refractivity contribution in [1.29, 1.82) is 0 Å². The van der Waals surface area contributed by atoms with Crippen molar-refractivity contribution in [2.75, 3.05) is 5.32 Å². The van der Waals surface area contributed by atoms with Gasteiger partial charge in [0.15, 0.2) is 0 Å². The van der Waals surface area contributed by atoms with Gasteiger partial charge in [-0.2, -0.15) is 4.98 Å². The molecule has 1 amide bonds. The predicted octanol–water partition coefficient (Wildman–Crippen LogP) is 4.07. The van der Waals surface area contributed by atoms with Crippen LogP contribution in [0.15, 0.2) is 76.2 Å². The van der Waals surface area contributed by atoms with Crippen LogP contribution in [0.3, 0.4) is 0 Å². The fourth-order valence-electron chi connectivity index (χ4n) is 3.27. The Kier molecular flexibility index (Phi) is 5.75. The SMILES string of the molecule is CCc1ccccc1NC(=O)Cn1cccc(-c2nc(-c3ccc(C)cc3)no2)c1=O. The summed E-state index contributed by atoms with van der Waals surface area (Å²) in [5.41, 5.74) is 3.57. The van der Waals surface area contributed by atoms with E-state index in [4.69, 9.17) is 4.52 Å². The van der Waals surface area contributed by atoms with Crippen molar-refractivity contribution in [1.82, 2.24) is 14.7 Å². The third-order valence-corrected chi connectivity index (χ3v) is 4.97. The molecule has 1 N–H and O–H groups in total. The molecule has 0 aliphatic carbocycles. The maximum absolute atomic E-state index is 12.9. The Morgan fingerprint density at radius 2 is 1.84 bits per heavy atom. The third kappa shape index (κ3) is 4.45. The minimum absolute atomic E-state index is 0.117. The first-order valence-electron chi connectivity index (χ1n) is 10.0. The van der Waals surface area contributed by atoms with Crippen LogP contribution in [-0.4, -0.2) is 20.6 Å². The van der Waals surface area contributed by atoms with Crippen molar-refractivity contribution in [2.45, 2.75) is 26.8 Å². The Morgan fingerprint density at radius 3 is 2.61 bits per heavy atom. The van der Waals surface area contributed by atoms with Gasteiger partial charge in [0, 0.05) is 17.4 Å². The largest absolute Gasteiger partial charge is 0.333 e. The Labute approximate surface area is 179 Å². The number of hydrogen-bond acceptors (Lipinski definition) is 5. The molecule has 0 radical (unpaired) electrons. The molecule has 0 atom stereocenters. The quantitative estimate of drug-likeness (QED) is 0.514. The summed E-state index contributed by atoms with van der Waals surface area (Å²) < 4.78 is 6.66. The highest BCUT2D eigenvalue weighted by Crippen LogP contribution is 2.20. The molecular formula is C24H22N4O3. The van der Waals surface area contributed by atoms with Gasteiger partial charge in [-0.1, -0.05) is 60.1 Å². The number of para-hydroxylation sites is 1. The van der Waals surface area contributed by atoms with Crippen LogP contribution in [0.25, 0.3) is 22.8 Å². The van der Waals surface area contributed by atoms with Crippen molar-refractivity contribution in [3.63, 3.8) is 0 Å². The first-order valence-corrected chi connectivity index (χ1v) is 10.0. The molecule has 31 heavy (non-hydrogen) atoms. The van der Waals surface area contributed by atoms with Crippen molar-refractivity contribution in [3.8, 4) is 22.8 Å². The van der Waals surface area contributed by atoms with E-state index in [1.165, 1.54) is 4.57 Å². The molecule has 0 aliphatic rings. The smallest absolute Gasteiger partial charge is 0.263 e. The Balaban J connectivity index is 1.55. The Bertz CT molecular complexity index is 1270. The maximum Gasteiger partial charge on any atom is 0.263 e. The van der Waals surface area contributed by atoms with Gasteiger partial charge in [0.25, 0.3) is 11.4 Å². The monoisotopic (exact) mass is 414 g/mol. The van der Waals surface area contributed by atoms with Gasteiger partial charge in [0.1, 0.15) is 12.1 Å². The van der Waals surface area contributed by atoms with Crippen LogP contribution < -0.4 is 10.9 Å². The number of carbonyl (C=O) groups excluding carboxylic acids is 1. The van der Waals surface area contributed by atoms with E-state index in [0.717, 1.165) is 28.8 Å². The lowest BCUT2D eigenvalue weighted by molar-refractivity contribution is -0.116. The third-order valence-electron chi connectivity index (χ3n) is 4.97. The van der Waals surface area contributed by atoms with Gasteiger partial charge >= 0.3 is 0 Å². The lowest BCUT2D eigenvalue weighted by atomic mass is 10.1. The van der Waals surface area contributed by atoms with E-state index in [-0.39, 0.29) is 29.5 Å². The summed E-state index contributed by atoms with van der Waals surface area (Å²) >= 11 is 0. The highest BCUT2D eigenvalue weighted by molar-refractivity contribution is 5.91. The predicted molar refractivity (Wildman–Crippen MR) is 119 cm³/mol. The Hall–Kier alpha value is -4.00. The molecule has 2 aromatic heterocycles. The number of carbonyl (C=O) groups is 1. The number of nitrogens with zero attached hydrogens (tertiary/aromatic N) is 3. The van der Waals surface area contributed by atoms with Gasteiger partial charge in [-0.25, -0.2) is 0 Å². The summed E-state index contributed by atoms with van der Waals surface area (Å²) in [5, 5.41) is 6.86. The minimum Gasteiger partial charge on any atom is -0.333 e. The number of nitrogens with one attached hydrogen (secondary N) is 1. The number of benzene rings is 2. The number of rotatable bonds is 6. The van der Waals surface area contributed by atoms with E-state index in [1.54, 1.807) is 18.3 Å². The number of aryl methyl sites for hydroxylation is 2. The summed E-state index contributed by atoms with van der Waals surface area (Å²) in [6, 6.07) is 18.6. The summed E-state index contributed by atoms with van der Waals surface area (Å²) in [5.74, 6) is 0.233.